The van der Waals surface area contributed by atoms with Gasteiger partial charge in [-0.2, -0.15) is 0 Å². The van der Waals surface area contributed by atoms with Gasteiger partial charge in [0.15, 0.2) is 11.6 Å². The van der Waals surface area contributed by atoms with Crippen LogP contribution in [0.2, 0.25) is 0 Å². The predicted octanol–water partition coefficient (Wildman–Crippen LogP) is 6.87. The SMILES string of the molecule is CC(c1ccc(F)c(F)c1)C1CCC(C2CCC(I)CC2)CC1. The number of hydrogen-bond acceptors (Lipinski definition) is 0. The summed E-state index contributed by atoms with van der Waals surface area (Å²) in [6, 6.07) is 4.43. The molecule has 0 N–H and O–H groups in total. The van der Waals surface area contributed by atoms with Crippen molar-refractivity contribution in [2.45, 2.75) is 68.1 Å². The van der Waals surface area contributed by atoms with Gasteiger partial charge < -0.3 is 0 Å². The van der Waals surface area contributed by atoms with Crippen LogP contribution in [0.25, 0.3) is 0 Å². The fraction of sp³-hybridized carbons (Fsp3) is 0.700. The number of alkyl halides is 1. The van der Waals surface area contributed by atoms with Gasteiger partial charge in [-0.05, 0) is 92.7 Å². The van der Waals surface area contributed by atoms with Gasteiger partial charge in [-0.1, -0.05) is 35.6 Å². The van der Waals surface area contributed by atoms with Crippen molar-refractivity contribution in [3.8, 4) is 0 Å². The van der Waals surface area contributed by atoms with E-state index < -0.39 is 11.6 Å². The Morgan fingerprint density at radius 2 is 1.43 bits per heavy atom. The molecule has 0 amide bonds. The first-order valence-electron chi connectivity index (χ1n) is 9.13. The molecule has 2 aliphatic carbocycles. The molecule has 1 aromatic carbocycles. The number of halogens is 3. The van der Waals surface area contributed by atoms with Crippen molar-refractivity contribution in [3.05, 3.63) is 35.4 Å². The molecule has 23 heavy (non-hydrogen) atoms. The Morgan fingerprint density at radius 1 is 0.870 bits per heavy atom. The standard InChI is InChI=1S/C20H27F2I/c1-13(17-8-11-19(21)20(22)12-17)14-2-4-15(5-3-14)16-6-9-18(23)10-7-16/h8,11-16,18H,2-7,9-10H2,1H3. The maximum absolute atomic E-state index is 13.5. The Morgan fingerprint density at radius 3 is 2.00 bits per heavy atom. The van der Waals surface area contributed by atoms with Crippen LogP contribution in [-0.2, 0) is 0 Å². The molecule has 0 radical (unpaired) electrons. The van der Waals surface area contributed by atoms with E-state index in [1.165, 1.54) is 63.5 Å². The summed E-state index contributed by atoms with van der Waals surface area (Å²) < 4.78 is 27.5. The molecule has 1 atom stereocenters. The molecule has 0 saturated heterocycles. The molecule has 3 rings (SSSR count). The minimum atomic E-state index is -0.740. The summed E-state index contributed by atoms with van der Waals surface area (Å²) in [7, 11) is 0. The van der Waals surface area contributed by atoms with E-state index in [1.54, 1.807) is 6.07 Å². The van der Waals surface area contributed by atoms with Crippen LogP contribution < -0.4 is 0 Å². The van der Waals surface area contributed by atoms with Gasteiger partial charge in [-0.15, -0.1) is 0 Å². The van der Waals surface area contributed by atoms with E-state index in [0.29, 0.717) is 11.8 Å². The van der Waals surface area contributed by atoms with Crippen LogP contribution in [0.15, 0.2) is 18.2 Å². The van der Waals surface area contributed by atoms with Crippen LogP contribution in [0.1, 0.15) is 69.8 Å². The Labute approximate surface area is 152 Å². The minimum Gasteiger partial charge on any atom is -0.204 e. The van der Waals surface area contributed by atoms with Gasteiger partial charge in [0.2, 0.25) is 0 Å². The van der Waals surface area contributed by atoms with Crippen LogP contribution in [0.4, 0.5) is 8.78 Å². The van der Waals surface area contributed by atoms with Crippen molar-refractivity contribution in [1.29, 1.82) is 0 Å². The molecule has 0 bridgehead atoms. The van der Waals surface area contributed by atoms with Gasteiger partial charge in [-0.25, -0.2) is 8.78 Å². The van der Waals surface area contributed by atoms with Gasteiger partial charge >= 0.3 is 0 Å². The lowest BCUT2D eigenvalue weighted by molar-refractivity contribution is 0.160. The Kier molecular flexibility index (Phi) is 5.97. The molecule has 2 aliphatic rings. The monoisotopic (exact) mass is 432 g/mol. The first kappa shape index (κ1) is 17.6. The molecule has 0 aliphatic heterocycles. The van der Waals surface area contributed by atoms with E-state index in [2.05, 4.69) is 29.5 Å². The number of rotatable bonds is 3. The maximum atomic E-state index is 13.5. The maximum Gasteiger partial charge on any atom is 0.159 e. The third-order valence-electron chi connectivity index (χ3n) is 6.36. The summed E-state index contributed by atoms with van der Waals surface area (Å²) in [6.45, 7) is 2.18. The molecule has 2 fully saturated rings. The lowest BCUT2D eigenvalue weighted by Crippen LogP contribution is -2.27. The normalized spacial score (nSPS) is 33.4. The first-order chi connectivity index (χ1) is 11.0. The van der Waals surface area contributed by atoms with Crippen molar-refractivity contribution < 1.29 is 8.78 Å². The molecule has 3 heteroatoms. The Hall–Kier alpha value is -0.190. The fourth-order valence-corrected chi connectivity index (χ4v) is 5.45. The van der Waals surface area contributed by atoms with Crippen molar-refractivity contribution in [2.24, 2.45) is 17.8 Å². The second kappa shape index (κ2) is 7.79. The zero-order valence-corrected chi connectivity index (χ0v) is 16.1. The van der Waals surface area contributed by atoms with Crippen LogP contribution >= 0.6 is 22.6 Å². The van der Waals surface area contributed by atoms with Crippen molar-refractivity contribution in [3.63, 3.8) is 0 Å². The van der Waals surface area contributed by atoms with E-state index in [0.717, 1.165) is 21.3 Å². The van der Waals surface area contributed by atoms with E-state index in [1.807, 2.05) is 0 Å². The Balaban J connectivity index is 1.54. The first-order valence-corrected chi connectivity index (χ1v) is 10.4. The van der Waals surface area contributed by atoms with Crippen molar-refractivity contribution >= 4 is 22.6 Å². The van der Waals surface area contributed by atoms with Gasteiger partial charge in [0.25, 0.3) is 0 Å². The molecular weight excluding hydrogens is 405 g/mol. The average Bonchev–Trinajstić information content (AvgIpc) is 2.57. The largest absolute Gasteiger partial charge is 0.204 e. The molecule has 2 saturated carbocycles. The fourth-order valence-electron chi connectivity index (χ4n) is 4.73. The summed E-state index contributed by atoms with van der Waals surface area (Å²) in [5.74, 6) is 1.36. The van der Waals surface area contributed by atoms with Crippen LogP contribution in [-0.4, -0.2) is 3.92 Å². The van der Waals surface area contributed by atoms with E-state index in [-0.39, 0.29) is 0 Å². The summed E-state index contributed by atoms with van der Waals surface area (Å²) in [5.41, 5.74) is 0.956. The highest BCUT2D eigenvalue weighted by molar-refractivity contribution is 14.1. The van der Waals surface area contributed by atoms with Crippen LogP contribution in [0.3, 0.4) is 0 Å². The number of hydrogen-bond donors (Lipinski definition) is 0. The third-order valence-corrected chi connectivity index (χ3v) is 7.61. The van der Waals surface area contributed by atoms with Crippen LogP contribution in [0.5, 0.6) is 0 Å². The van der Waals surface area contributed by atoms with Gasteiger partial charge in [0.1, 0.15) is 0 Å². The highest BCUT2D eigenvalue weighted by Crippen LogP contribution is 2.44. The van der Waals surface area contributed by atoms with Gasteiger partial charge in [0, 0.05) is 3.92 Å². The second-order valence-corrected chi connectivity index (χ2v) is 9.41. The van der Waals surface area contributed by atoms with E-state index in [9.17, 15) is 8.78 Å². The van der Waals surface area contributed by atoms with E-state index >= 15 is 0 Å². The zero-order valence-electron chi connectivity index (χ0n) is 13.9. The topological polar surface area (TPSA) is 0 Å². The Bertz CT molecular complexity index is 514. The smallest absolute Gasteiger partial charge is 0.159 e. The molecule has 1 aromatic rings. The minimum absolute atomic E-state index is 0.330. The predicted molar refractivity (Wildman–Crippen MR) is 100.0 cm³/mol. The summed E-state index contributed by atoms with van der Waals surface area (Å²) in [4.78, 5) is 0. The van der Waals surface area contributed by atoms with E-state index in [4.69, 9.17) is 0 Å². The highest BCUT2D eigenvalue weighted by Gasteiger charge is 2.32. The van der Waals surface area contributed by atoms with Crippen molar-refractivity contribution in [1.82, 2.24) is 0 Å². The molecule has 0 heterocycles. The second-order valence-electron chi connectivity index (χ2n) is 7.65. The molecule has 0 aromatic heterocycles. The highest BCUT2D eigenvalue weighted by atomic mass is 127. The quantitative estimate of drug-likeness (QED) is 0.361. The summed E-state index contributed by atoms with van der Waals surface area (Å²) >= 11 is 2.60. The average molecular weight is 432 g/mol. The van der Waals surface area contributed by atoms with Gasteiger partial charge in [-0.3, -0.25) is 0 Å². The lowest BCUT2D eigenvalue weighted by atomic mass is 9.68. The van der Waals surface area contributed by atoms with Crippen molar-refractivity contribution in [2.75, 3.05) is 0 Å². The molecule has 0 nitrogen and oxygen atoms in total. The van der Waals surface area contributed by atoms with Crippen LogP contribution in [0, 0.1) is 29.4 Å². The molecule has 1 unspecified atom stereocenters. The number of benzene rings is 1. The molecule has 128 valence electrons. The van der Waals surface area contributed by atoms with Gasteiger partial charge in [0.05, 0.1) is 0 Å². The summed E-state index contributed by atoms with van der Waals surface area (Å²) in [6.07, 6.45) is 10.8. The molecular formula is C20H27F2I. The summed E-state index contributed by atoms with van der Waals surface area (Å²) in [5, 5.41) is 0. The zero-order chi connectivity index (χ0) is 16.4. The lowest BCUT2D eigenvalue weighted by Gasteiger charge is -2.38. The molecule has 0 spiro atoms. The third kappa shape index (κ3) is 4.26.